The van der Waals surface area contributed by atoms with Crippen LogP contribution >= 0.6 is 0 Å². The van der Waals surface area contributed by atoms with E-state index in [-0.39, 0.29) is 18.0 Å². The predicted molar refractivity (Wildman–Crippen MR) is 110 cm³/mol. The zero-order chi connectivity index (χ0) is 22.9. The lowest BCUT2D eigenvalue weighted by molar-refractivity contribution is -0.137. The van der Waals surface area contributed by atoms with Crippen molar-refractivity contribution in [3.8, 4) is 17.2 Å². The Morgan fingerprint density at radius 2 is 1.75 bits per heavy atom. The van der Waals surface area contributed by atoms with E-state index in [4.69, 9.17) is 9.47 Å². The Morgan fingerprint density at radius 1 is 1.00 bits per heavy atom. The number of halogens is 3. The second kappa shape index (κ2) is 8.36. The van der Waals surface area contributed by atoms with E-state index in [1.165, 1.54) is 12.1 Å². The highest BCUT2D eigenvalue weighted by molar-refractivity contribution is 7.92. The molecule has 0 unspecified atom stereocenters. The molecule has 0 radical (unpaired) electrons. The minimum atomic E-state index is -4.70. The lowest BCUT2D eigenvalue weighted by atomic mass is 10.2. The van der Waals surface area contributed by atoms with Crippen LogP contribution in [0.5, 0.6) is 17.2 Å². The third-order valence-electron chi connectivity index (χ3n) is 4.79. The van der Waals surface area contributed by atoms with Gasteiger partial charge in [-0.3, -0.25) is 4.31 Å². The van der Waals surface area contributed by atoms with Crippen LogP contribution in [-0.4, -0.2) is 32.8 Å². The number of hydrogen-bond acceptors (Lipinski definition) is 5. The Kier molecular flexibility index (Phi) is 5.74. The molecular weight excluding hydrogens is 447 g/mol. The zero-order valence-corrected chi connectivity index (χ0v) is 17.3. The minimum Gasteiger partial charge on any atom is -0.484 e. The molecule has 3 aromatic carbocycles. The molecule has 3 aromatic rings. The first kappa shape index (κ1) is 22.0. The molecule has 0 amide bonds. The highest BCUT2D eigenvalue weighted by Gasteiger charge is 2.37. The van der Waals surface area contributed by atoms with Crippen LogP contribution < -0.4 is 13.8 Å². The summed E-state index contributed by atoms with van der Waals surface area (Å²) in [6, 6.07) is 16.8. The summed E-state index contributed by atoms with van der Waals surface area (Å²) in [6.07, 6.45) is -5.58. The first-order chi connectivity index (χ1) is 15.2. The van der Waals surface area contributed by atoms with Gasteiger partial charge in [0.25, 0.3) is 10.0 Å². The average Bonchev–Trinajstić information content (AvgIpc) is 2.78. The quantitative estimate of drug-likeness (QED) is 0.603. The minimum absolute atomic E-state index is 0.0977. The topological polar surface area (TPSA) is 76.1 Å². The standard InChI is InChI=1S/C22H18F3NO5S/c23-22(24,25)15-5-4-8-19(11-15)32(28,29)26-13-18(14-27)31-21-10-9-17(12-20(21)26)30-16-6-2-1-3-7-16/h1-12,18,27H,13-14H2/t18-/m1/s1. The van der Waals surface area contributed by atoms with Crippen LogP contribution in [0.15, 0.2) is 77.7 Å². The first-order valence-corrected chi connectivity index (χ1v) is 11.0. The summed E-state index contributed by atoms with van der Waals surface area (Å²) in [5.41, 5.74) is -0.979. The maximum absolute atomic E-state index is 13.3. The molecule has 10 heteroatoms. The Balaban J connectivity index is 1.76. The summed E-state index contributed by atoms with van der Waals surface area (Å²) in [5.74, 6) is 0.987. The van der Waals surface area contributed by atoms with Crippen LogP contribution in [0.2, 0.25) is 0 Å². The van der Waals surface area contributed by atoms with Gasteiger partial charge in [-0.05, 0) is 42.5 Å². The summed E-state index contributed by atoms with van der Waals surface area (Å²) >= 11 is 0. The molecule has 0 aromatic heterocycles. The van der Waals surface area contributed by atoms with Crippen molar-refractivity contribution in [2.24, 2.45) is 0 Å². The number of sulfonamides is 1. The Labute approximate surface area is 182 Å². The molecule has 168 valence electrons. The number of rotatable bonds is 5. The predicted octanol–water partition coefficient (Wildman–Crippen LogP) is 4.45. The maximum atomic E-state index is 13.3. The van der Waals surface area contributed by atoms with E-state index in [2.05, 4.69) is 0 Å². The molecule has 0 spiro atoms. The van der Waals surface area contributed by atoms with Gasteiger partial charge in [0.2, 0.25) is 0 Å². The molecule has 32 heavy (non-hydrogen) atoms. The Hall–Kier alpha value is -3.24. The third kappa shape index (κ3) is 4.37. The van der Waals surface area contributed by atoms with E-state index in [0.29, 0.717) is 17.6 Å². The lowest BCUT2D eigenvalue weighted by Gasteiger charge is -2.35. The van der Waals surface area contributed by atoms with E-state index < -0.39 is 39.4 Å². The number of aliphatic hydroxyl groups excluding tert-OH is 1. The van der Waals surface area contributed by atoms with Gasteiger partial charge in [0.1, 0.15) is 23.4 Å². The van der Waals surface area contributed by atoms with Gasteiger partial charge >= 0.3 is 6.18 Å². The summed E-state index contributed by atoms with van der Waals surface area (Å²) in [5, 5.41) is 9.55. The molecule has 0 bridgehead atoms. The molecule has 1 aliphatic heterocycles. The molecule has 1 N–H and O–H groups in total. The fourth-order valence-electron chi connectivity index (χ4n) is 3.26. The van der Waals surface area contributed by atoms with Gasteiger partial charge < -0.3 is 14.6 Å². The molecule has 0 aliphatic carbocycles. The maximum Gasteiger partial charge on any atom is 0.416 e. The SMILES string of the molecule is O=S(=O)(c1cccc(C(F)(F)F)c1)N1C[C@H](CO)Oc2ccc(Oc3ccccc3)cc21. The molecular formula is C22H18F3NO5S. The zero-order valence-electron chi connectivity index (χ0n) is 16.5. The summed E-state index contributed by atoms with van der Waals surface area (Å²) in [7, 11) is -4.40. The van der Waals surface area contributed by atoms with E-state index in [9.17, 15) is 26.7 Å². The molecule has 0 fully saturated rings. The smallest absolute Gasteiger partial charge is 0.416 e. The van der Waals surface area contributed by atoms with Crippen LogP contribution in [0.3, 0.4) is 0 Å². The summed E-state index contributed by atoms with van der Waals surface area (Å²) in [4.78, 5) is -0.522. The highest BCUT2D eigenvalue weighted by Crippen LogP contribution is 2.41. The number of alkyl halides is 3. The van der Waals surface area contributed by atoms with Crippen molar-refractivity contribution < 1.29 is 36.2 Å². The van der Waals surface area contributed by atoms with Gasteiger partial charge in [-0.1, -0.05) is 24.3 Å². The Morgan fingerprint density at radius 3 is 2.44 bits per heavy atom. The summed E-state index contributed by atoms with van der Waals surface area (Å²) < 4.78 is 78.4. The number of fused-ring (bicyclic) bond motifs is 1. The molecule has 1 atom stereocenters. The van der Waals surface area contributed by atoms with Gasteiger partial charge in [0, 0.05) is 6.07 Å². The molecule has 0 saturated carbocycles. The van der Waals surface area contributed by atoms with Gasteiger partial charge in [-0.25, -0.2) is 8.42 Å². The fourth-order valence-corrected chi connectivity index (χ4v) is 4.81. The normalized spacial score (nSPS) is 16.2. The van der Waals surface area contributed by atoms with Gasteiger partial charge in [0.15, 0.2) is 0 Å². The van der Waals surface area contributed by atoms with E-state index in [0.717, 1.165) is 22.5 Å². The molecule has 0 saturated heterocycles. The third-order valence-corrected chi connectivity index (χ3v) is 6.57. The molecule has 6 nitrogen and oxygen atoms in total. The van der Waals surface area contributed by atoms with E-state index in [1.54, 1.807) is 30.3 Å². The van der Waals surface area contributed by atoms with Crippen molar-refractivity contribution in [2.45, 2.75) is 17.2 Å². The highest BCUT2D eigenvalue weighted by atomic mass is 32.2. The largest absolute Gasteiger partial charge is 0.484 e. The van der Waals surface area contributed by atoms with Gasteiger partial charge in [-0.2, -0.15) is 13.2 Å². The average molecular weight is 465 g/mol. The molecule has 4 rings (SSSR count). The lowest BCUT2D eigenvalue weighted by Crippen LogP contribution is -2.45. The van der Waals surface area contributed by atoms with E-state index >= 15 is 0 Å². The van der Waals surface area contributed by atoms with Crippen LogP contribution in [0, 0.1) is 0 Å². The van der Waals surface area contributed by atoms with Crippen LogP contribution in [-0.2, 0) is 16.2 Å². The number of para-hydroxylation sites is 1. The van der Waals surface area contributed by atoms with Crippen molar-refractivity contribution >= 4 is 15.7 Å². The monoisotopic (exact) mass is 465 g/mol. The van der Waals surface area contributed by atoms with Crippen molar-refractivity contribution in [3.05, 3.63) is 78.4 Å². The van der Waals surface area contributed by atoms with Gasteiger partial charge in [0.05, 0.1) is 29.3 Å². The second-order valence-electron chi connectivity index (χ2n) is 7.03. The molecule has 1 aliphatic rings. The number of nitrogens with zero attached hydrogens (tertiary/aromatic N) is 1. The second-order valence-corrected chi connectivity index (χ2v) is 8.89. The van der Waals surface area contributed by atoms with E-state index in [1.807, 2.05) is 6.07 Å². The van der Waals surface area contributed by atoms with Crippen molar-refractivity contribution in [1.82, 2.24) is 0 Å². The van der Waals surface area contributed by atoms with Crippen LogP contribution in [0.25, 0.3) is 0 Å². The van der Waals surface area contributed by atoms with Crippen molar-refractivity contribution in [2.75, 3.05) is 17.5 Å². The number of hydrogen-bond donors (Lipinski definition) is 1. The van der Waals surface area contributed by atoms with Crippen LogP contribution in [0.4, 0.5) is 18.9 Å². The number of ether oxygens (including phenoxy) is 2. The number of anilines is 1. The fraction of sp³-hybridized carbons (Fsp3) is 0.182. The van der Waals surface area contributed by atoms with Crippen LogP contribution in [0.1, 0.15) is 5.56 Å². The number of aliphatic hydroxyl groups is 1. The summed E-state index contributed by atoms with van der Waals surface area (Å²) in [6.45, 7) is -0.757. The number of benzene rings is 3. The first-order valence-electron chi connectivity index (χ1n) is 9.53. The molecule has 1 heterocycles. The van der Waals surface area contributed by atoms with Gasteiger partial charge in [-0.15, -0.1) is 0 Å². The Bertz CT molecular complexity index is 1220. The van der Waals surface area contributed by atoms with Crippen molar-refractivity contribution in [3.63, 3.8) is 0 Å². The van der Waals surface area contributed by atoms with Crippen molar-refractivity contribution in [1.29, 1.82) is 0 Å².